The Kier molecular flexibility index (Phi) is 4.54. The Balaban J connectivity index is 1.98. The molecule has 0 aliphatic carbocycles. The Morgan fingerprint density at radius 1 is 1.53 bits per heavy atom. The molecule has 0 amide bonds. The fourth-order valence-corrected chi connectivity index (χ4v) is 2.59. The van der Waals surface area contributed by atoms with Crippen LogP contribution in [0.4, 0.5) is 0 Å². The number of methoxy groups -OCH3 is 1. The lowest BCUT2D eigenvalue weighted by Gasteiger charge is -2.42. The molecule has 1 aromatic heterocycles. The van der Waals surface area contributed by atoms with Crippen molar-refractivity contribution in [3.05, 3.63) is 11.6 Å². The quantitative estimate of drug-likeness (QED) is 0.863. The number of aromatic nitrogens is 3. The summed E-state index contributed by atoms with van der Waals surface area (Å²) in [5.41, 5.74) is -0.158. The lowest BCUT2D eigenvalue weighted by Crippen LogP contribution is -2.53. The predicted octanol–water partition coefficient (Wildman–Crippen LogP) is 0.993. The minimum absolute atomic E-state index is 0.113. The van der Waals surface area contributed by atoms with Gasteiger partial charge in [0.25, 0.3) is 0 Å². The molecule has 1 atom stereocenters. The fraction of sp³-hybridized carbons (Fsp3) is 0.846. The molecule has 1 saturated heterocycles. The van der Waals surface area contributed by atoms with E-state index in [1.54, 1.807) is 7.11 Å². The van der Waals surface area contributed by atoms with Gasteiger partial charge in [0.1, 0.15) is 11.6 Å². The summed E-state index contributed by atoms with van der Waals surface area (Å²) in [6.07, 6.45) is 0.972. The zero-order valence-corrected chi connectivity index (χ0v) is 12.3. The topological polar surface area (TPSA) is 63.3 Å². The fourth-order valence-electron chi connectivity index (χ4n) is 2.59. The van der Waals surface area contributed by atoms with Gasteiger partial charge in [-0.15, -0.1) is 0 Å². The van der Waals surface area contributed by atoms with Crippen LogP contribution in [0.1, 0.15) is 32.4 Å². The summed E-state index contributed by atoms with van der Waals surface area (Å²) < 4.78 is 11.2. The molecule has 1 aliphatic rings. The molecule has 108 valence electrons. The third-order valence-electron chi connectivity index (χ3n) is 3.17. The molecular weight excluding hydrogens is 244 g/mol. The molecule has 6 nitrogen and oxygen atoms in total. The molecule has 0 aromatic carbocycles. The maximum atomic E-state index is 6.00. The highest BCUT2D eigenvalue weighted by Crippen LogP contribution is 2.22. The number of morpholine rings is 1. The van der Waals surface area contributed by atoms with Crippen molar-refractivity contribution in [2.24, 2.45) is 0 Å². The minimum atomic E-state index is -0.158. The predicted molar refractivity (Wildman–Crippen MR) is 71.9 cm³/mol. The van der Waals surface area contributed by atoms with Crippen LogP contribution in [0.3, 0.4) is 0 Å². The van der Waals surface area contributed by atoms with Gasteiger partial charge in [0.05, 0.1) is 24.9 Å². The first kappa shape index (κ1) is 14.4. The van der Waals surface area contributed by atoms with Crippen LogP contribution in [-0.2, 0) is 22.4 Å². The zero-order chi connectivity index (χ0) is 13.9. The molecule has 0 spiro atoms. The lowest BCUT2D eigenvalue weighted by molar-refractivity contribution is -0.154. The monoisotopic (exact) mass is 268 g/mol. The summed E-state index contributed by atoms with van der Waals surface area (Å²) in [5, 5.41) is 7.18. The van der Waals surface area contributed by atoms with Crippen LogP contribution in [0.5, 0.6) is 0 Å². The van der Waals surface area contributed by atoms with Gasteiger partial charge in [-0.05, 0) is 13.8 Å². The van der Waals surface area contributed by atoms with Gasteiger partial charge in [0, 0.05) is 26.6 Å². The van der Waals surface area contributed by atoms with Gasteiger partial charge in [-0.25, -0.2) is 4.98 Å². The number of hydrogen-bond acceptors (Lipinski definition) is 5. The van der Waals surface area contributed by atoms with Crippen molar-refractivity contribution in [3.63, 3.8) is 0 Å². The molecule has 19 heavy (non-hydrogen) atoms. The first-order chi connectivity index (χ1) is 9.02. The van der Waals surface area contributed by atoms with Crippen molar-refractivity contribution in [1.29, 1.82) is 0 Å². The average Bonchev–Trinajstić information content (AvgIpc) is 2.75. The first-order valence-corrected chi connectivity index (χ1v) is 6.81. The maximum Gasteiger partial charge on any atom is 0.150 e. The number of nitrogens with zero attached hydrogens (tertiary/aromatic N) is 3. The Hall–Kier alpha value is -0.980. The number of rotatable bonds is 5. The molecule has 1 aromatic rings. The van der Waals surface area contributed by atoms with E-state index in [2.05, 4.69) is 40.9 Å². The SMILES string of the molecule is CCc1n[nH]c(CN2CC(COC)OC(C)(C)C2)n1. The van der Waals surface area contributed by atoms with E-state index in [0.29, 0.717) is 6.61 Å². The number of ether oxygens (including phenoxy) is 2. The summed E-state index contributed by atoms with van der Waals surface area (Å²) in [6, 6.07) is 0. The zero-order valence-electron chi connectivity index (χ0n) is 12.3. The molecule has 1 unspecified atom stereocenters. The van der Waals surface area contributed by atoms with Crippen LogP contribution in [0.15, 0.2) is 0 Å². The highest BCUT2D eigenvalue weighted by atomic mass is 16.5. The smallest absolute Gasteiger partial charge is 0.150 e. The van der Waals surface area contributed by atoms with Crippen molar-refractivity contribution in [3.8, 4) is 0 Å². The Bertz CT molecular complexity index is 405. The number of H-pyrrole nitrogens is 1. The van der Waals surface area contributed by atoms with Crippen molar-refractivity contribution < 1.29 is 9.47 Å². The van der Waals surface area contributed by atoms with E-state index < -0.39 is 0 Å². The largest absolute Gasteiger partial charge is 0.382 e. The van der Waals surface area contributed by atoms with Crippen LogP contribution >= 0.6 is 0 Å². The van der Waals surface area contributed by atoms with E-state index >= 15 is 0 Å². The molecule has 0 bridgehead atoms. The highest BCUT2D eigenvalue weighted by Gasteiger charge is 2.33. The van der Waals surface area contributed by atoms with Gasteiger partial charge in [-0.2, -0.15) is 5.10 Å². The van der Waals surface area contributed by atoms with Gasteiger partial charge in [0.2, 0.25) is 0 Å². The summed E-state index contributed by atoms with van der Waals surface area (Å²) >= 11 is 0. The second kappa shape index (κ2) is 5.98. The second-order valence-electron chi connectivity index (χ2n) is 5.68. The van der Waals surface area contributed by atoms with Crippen molar-refractivity contribution in [2.45, 2.75) is 45.4 Å². The molecule has 1 aliphatic heterocycles. The highest BCUT2D eigenvalue weighted by molar-refractivity contribution is 4.92. The van der Waals surface area contributed by atoms with Crippen LogP contribution in [0.25, 0.3) is 0 Å². The molecular formula is C13H24N4O2. The number of nitrogens with one attached hydrogen (secondary N) is 1. The van der Waals surface area contributed by atoms with Gasteiger partial charge < -0.3 is 9.47 Å². The van der Waals surface area contributed by atoms with Gasteiger partial charge in [-0.3, -0.25) is 10.00 Å². The number of hydrogen-bond donors (Lipinski definition) is 1. The molecule has 6 heteroatoms. The van der Waals surface area contributed by atoms with E-state index in [9.17, 15) is 0 Å². The molecule has 2 heterocycles. The van der Waals surface area contributed by atoms with Crippen LogP contribution < -0.4 is 0 Å². The summed E-state index contributed by atoms with van der Waals surface area (Å²) in [6.45, 7) is 9.42. The van der Waals surface area contributed by atoms with E-state index in [4.69, 9.17) is 9.47 Å². The minimum Gasteiger partial charge on any atom is -0.382 e. The molecule has 2 rings (SSSR count). The third kappa shape index (κ3) is 3.99. The van der Waals surface area contributed by atoms with E-state index in [1.165, 1.54) is 0 Å². The van der Waals surface area contributed by atoms with Crippen LogP contribution in [0.2, 0.25) is 0 Å². The molecule has 1 N–H and O–H groups in total. The number of aromatic amines is 1. The summed E-state index contributed by atoms with van der Waals surface area (Å²) in [7, 11) is 1.71. The second-order valence-corrected chi connectivity index (χ2v) is 5.68. The van der Waals surface area contributed by atoms with Crippen molar-refractivity contribution >= 4 is 0 Å². The van der Waals surface area contributed by atoms with Gasteiger partial charge in [-0.1, -0.05) is 6.92 Å². The van der Waals surface area contributed by atoms with Crippen molar-refractivity contribution in [1.82, 2.24) is 20.1 Å². The summed E-state index contributed by atoms with van der Waals surface area (Å²) in [4.78, 5) is 6.80. The van der Waals surface area contributed by atoms with Crippen LogP contribution in [0, 0.1) is 0 Å². The normalized spacial score (nSPS) is 23.7. The Labute approximate surface area is 114 Å². The van der Waals surface area contributed by atoms with E-state index in [-0.39, 0.29) is 11.7 Å². The standard InChI is InChI=1S/C13H24N4O2/c1-5-11-14-12(16-15-11)7-17-6-10(8-18-4)19-13(2,3)9-17/h10H,5-9H2,1-4H3,(H,14,15,16). The Morgan fingerprint density at radius 3 is 2.95 bits per heavy atom. The maximum absolute atomic E-state index is 6.00. The molecule has 0 saturated carbocycles. The van der Waals surface area contributed by atoms with Crippen LogP contribution in [-0.4, -0.2) is 58.6 Å². The third-order valence-corrected chi connectivity index (χ3v) is 3.17. The lowest BCUT2D eigenvalue weighted by atomic mass is 10.1. The van der Waals surface area contributed by atoms with E-state index in [1.807, 2.05) is 0 Å². The number of aryl methyl sites for hydroxylation is 1. The van der Waals surface area contributed by atoms with E-state index in [0.717, 1.165) is 37.7 Å². The summed E-state index contributed by atoms with van der Waals surface area (Å²) in [5.74, 6) is 1.79. The van der Waals surface area contributed by atoms with Gasteiger partial charge in [0.15, 0.2) is 0 Å². The first-order valence-electron chi connectivity index (χ1n) is 6.81. The Morgan fingerprint density at radius 2 is 2.32 bits per heavy atom. The van der Waals surface area contributed by atoms with Crippen molar-refractivity contribution in [2.75, 3.05) is 26.8 Å². The average molecular weight is 268 g/mol. The van der Waals surface area contributed by atoms with Gasteiger partial charge >= 0.3 is 0 Å². The molecule has 0 radical (unpaired) electrons. The molecule has 1 fully saturated rings.